The number of carbonyl (C=O) groups excluding carboxylic acids is 2. The molecule has 28 heavy (non-hydrogen) atoms. The van der Waals surface area contributed by atoms with Crippen LogP contribution in [0.3, 0.4) is 0 Å². The molecule has 2 amide bonds. The normalized spacial score (nSPS) is 14.2. The lowest BCUT2D eigenvalue weighted by Crippen LogP contribution is -2.25. The van der Waals surface area contributed by atoms with Crippen molar-refractivity contribution in [2.24, 2.45) is 5.92 Å². The molecular formula is C20H26N4O3S. The van der Waals surface area contributed by atoms with Crippen molar-refractivity contribution in [3.05, 3.63) is 35.0 Å². The van der Waals surface area contributed by atoms with E-state index in [0.717, 1.165) is 18.4 Å². The molecule has 0 spiro atoms. The molecule has 0 aromatic carbocycles. The average molecular weight is 403 g/mol. The highest BCUT2D eigenvalue weighted by molar-refractivity contribution is 7.13. The fraction of sp³-hybridized carbons (Fsp3) is 0.500. The zero-order chi connectivity index (χ0) is 19.9. The maximum atomic E-state index is 12.3. The van der Waals surface area contributed by atoms with E-state index in [2.05, 4.69) is 20.6 Å². The van der Waals surface area contributed by atoms with Gasteiger partial charge >= 0.3 is 0 Å². The van der Waals surface area contributed by atoms with E-state index in [1.807, 2.05) is 26.0 Å². The van der Waals surface area contributed by atoms with E-state index in [1.54, 1.807) is 11.6 Å². The van der Waals surface area contributed by atoms with E-state index < -0.39 is 0 Å². The summed E-state index contributed by atoms with van der Waals surface area (Å²) < 4.78 is 6.00. The quantitative estimate of drug-likeness (QED) is 0.707. The van der Waals surface area contributed by atoms with Gasteiger partial charge in [-0.1, -0.05) is 19.9 Å². The third kappa shape index (κ3) is 5.76. The number of amides is 2. The summed E-state index contributed by atoms with van der Waals surface area (Å²) in [6, 6.07) is 3.76. The van der Waals surface area contributed by atoms with Crippen LogP contribution in [0.5, 0.6) is 5.88 Å². The predicted molar refractivity (Wildman–Crippen MR) is 108 cm³/mol. The summed E-state index contributed by atoms with van der Waals surface area (Å²) in [6.45, 7) is 4.00. The molecule has 1 fully saturated rings. The Morgan fingerprint density at radius 1 is 1.32 bits per heavy atom. The number of thiazole rings is 1. The van der Waals surface area contributed by atoms with Gasteiger partial charge in [0.15, 0.2) is 5.13 Å². The Hall–Kier alpha value is -2.48. The summed E-state index contributed by atoms with van der Waals surface area (Å²) in [5.74, 6) is 0.261. The van der Waals surface area contributed by atoms with Crippen molar-refractivity contribution in [3.63, 3.8) is 0 Å². The van der Waals surface area contributed by atoms with E-state index in [4.69, 9.17) is 4.74 Å². The van der Waals surface area contributed by atoms with Gasteiger partial charge in [-0.15, -0.1) is 11.3 Å². The van der Waals surface area contributed by atoms with Gasteiger partial charge in [0.05, 0.1) is 12.1 Å². The molecule has 2 N–H and O–H groups in total. The van der Waals surface area contributed by atoms with Crippen LogP contribution in [0.1, 0.15) is 50.8 Å². The molecule has 2 heterocycles. The molecule has 7 nitrogen and oxygen atoms in total. The van der Waals surface area contributed by atoms with Crippen molar-refractivity contribution in [2.45, 2.75) is 58.6 Å². The average Bonchev–Trinajstić information content (AvgIpc) is 3.33. The van der Waals surface area contributed by atoms with Crippen LogP contribution in [0.25, 0.3) is 0 Å². The van der Waals surface area contributed by atoms with E-state index >= 15 is 0 Å². The number of rotatable bonds is 8. The molecule has 0 saturated heterocycles. The minimum atomic E-state index is -0.136. The van der Waals surface area contributed by atoms with Gasteiger partial charge in [-0.25, -0.2) is 9.97 Å². The molecule has 1 saturated carbocycles. The Balaban J connectivity index is 1.51. The summed E-state index contributed by atoms with van der Waals surface area (Å²) in [5.41, 5.74) is 1.50. The van der Waals surface area contributed by atoms with Gasteiger partial charge < -0.3 is 15.4 Å². The lowest BCUT2D eigenvalue weighted by Gasteiger charge is -2.15. The predicted octanol–water partition coefficient (Wildman–Crippen LogP) is 3.31. The third-order valence-electron chi connectivity index (χ3n) is 4.55. The number of anilines is 1. The van der Waals surface area contributed by atoms with Gasteiger partial charge in [0.1, 0.15) is 6.10 Å². The highest BCUT2D eigenvalue weighted by Crippen LogP contribution is 2.25. The second-order valence-corrected chi connectivity index (χ2v) is 8.09. The summed E-state index contributed by atoms with van der Waals surface area (Å²) in [7, 11) is 0. The van der Waals surface area contributed by atoms with Gasteiger partial charge in [-0.05, 0) is 31.7 Å². The molecule has 2 aromatic rings. The number of pyridine rings is 1. The number of carbonyl (C=O) groups is 2. The topological polar surface area (TPSA) is 93.2 Å². The van der Waals surface area contributed by atoms with Crippen LogP contribution in [0.2, 0.25) is 0 Å². The van der Waals surface area contributed by atoms with Crippen LogP contribution in [-0.4, -0.2) is 27.9 Å². The Labute approximate surface area is 168 Å². The maximum absolute atomic E-state index is 12.3. The molecule has 3 rings (SSSR count). The summed E-state index contributed by atoms with van der Waals surface area (Å²) in [6.07, 6.45) is 6.58. The Morgan fingerprint density at radius 3 is 2.86 bits per heavy atom. The number of aromatic nitrogens is 2. The van der Waals surface area contributed by atoms with E-state index in [1.165, 1.54) is 24.2 Å². The molecular weight excluding hydrogens is 376 g/mol. The van der Waals surface area contributed by atoms with Gasteiger partial charge in [-0.3, -0.25) is 9.59 Å². The molecule has 0 aliphatic heterocycles. The van der Waals surface area contributed by atoms with Crippen molar-refractivity contribution < 1.29 is 14.3 Å². The van der Waals surface area contributed by atoms with Crippen molar-refractivity contribution in [1.82, 2.24) is 15.3 Å². The largest absolute Gasteiger partial charge is 0.474 e. The Morgan fingerprint density at radius 2 is 2.11 bits per heavy atom. The molecule has 0 atom stereocenters. The SMILES string of the molecule is CC(C)C(=O)Nc1nc(CC(=O)NCc2cccnc2OC2CCCC2)cs1. The fourth-order valence-corrected chi connectivity index (χ4v) is 3.66. The first-order valence-corrected chi connectivity index (χ1v) is 10.5. The molecule has 1 aliphatic rings. The number of nitrogens with one attached hydrogen (secondary N) is 2. The van der Waals surface area contributed by atoms with Crippen molar-refractivity contribution >= 4 is 28.3 Å². The fourth-order valence-electron chi connectivity index (χ4n) is 2.94. The standard InChI is InChI=1S/C20H26N4O3S/c1-13(2)18(26)24-20-23-15(12-28-20)10-17(25)22-11-14-6-5-9-21-19(14)27-16-7-3-4-8-16/h5-6,9,12-13,16H,3-4,7-8,10-11H2,1-2H3,(H,22,25)(H,23,24,26). The molecule has 0 unspecified atom stereocenters. The Bertz CT molecular complexity index is 815. The molecule has 8 heteroatoms. The molecule has 2 aromatic heterocycles. The van der Waals surface area contributed by atoms with Crippen LogP contribution in [-0.2, 0) is 22.6 Å². The lowest BCUT2D eigenvalue weighted by molar-refractivity contribution is -0.120. The minimum absolute atomic E-state index is 0.0864. The van der Waals surface area contributed by atoms with Crippen LogP contribution in [0, 0.1) is 5.92 Å². The van der Waals surface area contributed by atoms with E-state index in [-0.39, 0.29) is 30.3 Å². The minimum Gasteiger partial charge on any atom is -0.474 e. The van der Waals surface area contributed by atoms with Crippen molar-refractivity contribution in [3.8, 4) is 5.88 Å². The van der Waals surface area contributed by atoms with Crippen LogP contribution in [0.15, 0.2) is 23.7 Å². The first kappa shape index (κ1) is 20.3. The van der Waals surface area contributed by atoms with Crippen LogP contribution < -0.4 is 15.4 Å². The monoisotopic (exact) mass is 402 g/mol. The number of hydrogen-bond acceptors (Lipinski definition) is 6. The zero-order valence-electron chi connectivity index (χ0n) is 16.2. The molecule has 0 radical (unpaired) electrons. The van der Waals surface area contributed by atoms with E-state index in [9.17, 15) is 9.59 Å². The highest BCUT2D eigenvalue weighted by Gasteiger charge is 2.19. The van der Waals surface area contributed by atoms with Crippen molar-refractivity contribution in [2.75, 3.05) is 5.32 Å². The number of hydrogen-bond donors (Lipinski definition) is 2. The first-order valence-electron chi connectivity index (χ1n) is 9.64. The zero-order valence-corrected chi connectivity index (χ0v) is 17.1. The highest BCUT2D eigenvalue weighted by atomic mass is 32.1. The molecule has 150 valence electrons. The van der Waals surface area contributed by atoms with Gasteiger partial charge in [-0.2, -0.15) is 0 Å². The summed E-state index contributed by atoms with van der Waals surface area (Å²) in [4.78, 5) is 32.6. The van der Waals surface area contributed by atoms with E-state index in [0.29, 0.717) is 23.3 Å². The van der Waals surface area contributed by atoms with Gasteiger partial charge in [0.25, 0.3) is 0 Å². The number of ether oxygens (including phenoxy) is 1. The Kier molecular flexibility index (Phi) is 6.97. The van der Waals surface area contributed by atoms with Crippen LogP contribution >= 0.6 is 11.3 Å². The van der Waals surface area contributed by atoms with Crippen LogP contribution in [0.4, 0.5) is 5.13 Å². The van der Waals surface area contributed by atoms with Gasteiger partial charge in [0, 0.05) is 29.6 Å². The third-order valence-corrected chi connectivity index (χ3v) is 5.36. The second kappa shape index (κ2) is 9.64. The molecule has 0 bridgehead atoms. The van der Waals surface area contributed by atoms with Crippen molar-refractivity contribution in [1.29, 1.82) is 0 Å². The lowest BCUT2D eigenvalue weighted by atomic mass is 10.2. The van der Waals surface area contributed by atoms with Gasteiger partial charge in [0.2, 0.25) is 17.7 Å². The maximum Gasteiger partial charge on any atom is 0.228 e. The second-order valence-electron chi connectivity index (χ2n) is 7.23. The summed E-state index contributed by atoms with van der Waals surface area (Å²) in [5, 5.41) is 7.95. The molecule has 1 aliphatic carbocycles. The number of nitrogens with zero attached hydrogens (tertiary/aromatic N) is 2. The summed E-state index contributed by atoms with van der Waals surface area (Å²) >= 11 is 1.32. The first-order chi connectivity index (χ1) is 13.5. The smallest absolute Gasteiger partial charge is 0.228 e.